The summed E-state index contributed by atoms with van der Waals surface area (Å²) in [5.74, 6) is 1.07. The molecule has 1 aliphatic carbocycles. The molecule has 7 heteroatoms. The van der Waals surface area contributed by atoms with Crippen molar-refractivity contribution in [3.63, 3.8) is 0 Å². The summed E-state index contributed by atoms with van der Waals surface area (Å²) in [6.07, 6.45) is 4.35. The molecule has 1 aromatic rings. The molecular weight excluding hydrogens is 304 g/mol. The van der Waals surface area contributed by atoms with Crippen molar-refractivity contribution in [3.05, 3.63) is 18.2 Å². The van der Waals surface area contributed by atoms with Gasteiger partial charge in [-0.15, -0.1) is 0 Å². The summed E-state index contributed by atoms with van der Waals surface area (Å²) in [5.41, 5.74) is 5.30. The number of nitrogens with two attached hydrogens (primary N) is 1. The van der Waals surface area contributed by atoms with Gasteiger partial charge in [0.1, 0.15) is 0 Å². The molecule has 1 saturated carbocycles. The lowest BCUT2D eigenvalue weighted by Gasteiger charge is -2.28. The van der Waals surface area contributed by atoms with E-state index in [-0.39, 0.29) is 4.90 Å². The molecule has 1 fully saturated rings. The van der Waals surface area contributed by atoms with E-state index in [1.165, 1.54) is 6.07 Å². The summed E-state index contributed by atoms with van der Waals surface area (Å²) in [6, 6.07) is 4.73. The monoisotopic (exact) mass is 326 g/mol. The number of sulfonamides is 1. The second-order valence-electron chi connectivity index (χ2n) is 5.96. The first-order valence-corrected chi connectivity index (χ1v) is 9.17. The van der Waals surface area contributed by atoms with Crippen LogP contribution in [0.3, 0.4) is 0 Å². The first-order chi connectivity index (χ1) is 10.5. The van der Waals surface area contributed by atoms with Crippen LogP contribution in [0.15, 0.2) is 23.1 Å². The highest BCUT2D eigenvalue weighted by atomic mass is 32.2. The molecule has 122 valence electrons. The van der Waals surface area contributed by atoms with Crippen LogP contribution in [0.5, 0.6) is 11.5 Å². The third kappa shape index (κ3) is 3.06. The topological polar surface area (TPSA) is 90.7 Å². The Morgan fingerprint density at radius 3 is 2.45 bits per heavy atom. The van der Waals surface area contributed by atoms with Gasteiger partial charge in [-0.05, 0) is 25.0 Å². The summed E-state index contributed by atoms with van der Waals surface area (Å²) in [4.78, 5) is 0.191. The summed E-state index contributed by atoms with van der Waals surface area (Å²) in [6.45, 7) is 1.42. The molecule has 0 saturated heterocycles. The van der Waals surface area contributed by atoms with Crippen LogP contribution >= 0.6 is 0 Å². The highest BCUT2D eigenvalue weighted by Crippen LogP contribution is 2.34. The van der Waals surface area contributed by atoms with E-state index in [2.05, 4.69) is 4.72 Å². The number of benzene rings is 1. The molecule has 1 aliphatic heterocycles. The van der Waals surface area contributed by atoms with Crippen molar-refractivity contribution < 1.29 is 17.9 Å². The molecular formula is C15H22N2O4S. The Labute approximate surface area is 131 Å². The van der Waals surface area contributed by atoms with Crippen LogP contribution in [0, 0.1) is 0 Å². The zero-order valence-corrected chi connectivity index (χ0v) is 13.3. The zero-order valence-electron chi connectivity index (χ0n) is 12.5. The van der Waals surface area contributed by atoms with Crippen LogP contribution in [-0.2, 0) is 10.0 Å². The van der Waals surface area contributed by atoms with Gasteiger partial charge in [-0.25, -0.2) is 13.1 Å². The molecule has 3 rings (SSSR count). The molecule has 0 aromatic heterocycles. The standard InChI is InChI=1S/C15H22N2O4S/c16-11-15(6-1-2-7-15)17-22(18,19)12-4-5-13-14(10-12)21-9-3-8-20-13/h4-5,10,17H,1-3,6-9,11,16H2. The van der Waals surface area contributed by atoms with Crippen molar-refractivity contribution in [3.8, 4) is 11.5 Å². The first-order valence-electron chi connectivity index (χ1n) is 7.68. The SMILES string of the molecule is NCC1(NS(=O)(=O)c2ccc3c(c2)OCCCO3)CCCC1. The lowest BCUT2D eigenvalue weighted by atomic mass is 10.0. The molecule has 0 spiro atoms. The molecule has 1 aromatic carbocycles. The number of hydrogen-bond acceptors (Lipinski definition) is 5. The molecule has 22 heavy (non-hydrogen) atoms. The molecule has 0 atom stereocenters. The first kappa shape index (κ1) is 15.6. The highest BCUT2D eigenvalue weighted by molar-refractivity contribution is 7.89. The van der Waals surface area contributed by atoms with Gasteiger partial charge in [-0.2, -0.15) is 0 Å². The lowest BCUT2D eigenvalue weighted by molar-refractivity contribution is 0.297. The van der Waals surface area contributed by atoms with E-state index in [9.17, 15) is 8.42 Å². The van der Waals surface area contributed by atoms with Gasteiger partial charge in [-0.1, -0.05) is 12.8 Å². The van der Waals surface area contributed by atoms with E-state index in [4.69, 9.17) is 15.2 Å². The van der Waals surface area contributed by atoms with E-state index in [0.29, 0.717) is 31.3 Å². The normalized spacial score (nSPS) is 20.6. The van der Waals surface area contributed by atoms with E-state index >= 15 is 0 Å². The molecule has 3 N–H and O–H groups in total. The van der Waals surface area contributed by atoms with Crippen LogP contribution in [-0.4, -0.2) is 33.7 Å². The fraction of sp³-hybridized carbons (Fsp3) is 0.600. The molecule has 6 nitrogen and oxygen atoms in total. The van der Waals surface area contributed by atoms with Gasteiger partial charge in [0.25, 0.3) is 0 Å². The van der Waals surface area contributed by atoms with Crippen LogP contribution in [0.2, 0.25) is 0 Å². The Kier molecular flexibility index (Phi) is 4.29. The van der Waals surface area contributed by atoms with E-state index < -0.39 is 15.6 Å². The fourth-order valence-corrected chi connectivity index (χ4v) is 4.54. The van der Waals surface area contributed by atoms with Gasteiger partial charge in [-0.3, -0.25) is 0 Å². The van der Waals surface area contributed by atoms with Crippen molar-refractivity contribution in [2.24, 2.45) is 5.73 Å². The van der Waals surface area contributed by atoms with Crippen LogP contribution < -0.4 is 19.9 Å². The smallest absolute Gasteiger partial charge is 0.241 e. The summed E-state index contributed by atoms with van der Waals surface area (Å²) in [7, 11) is -3.63. The minimum absolute atomic E-state index is 0.191. The van der Waals surface area contributed by atoms with Crippen LogP contribution in [0.1, 0.15) is 32.1 Å². The Morgan fingerprint density at radius 2 is 1.77 bits per heavy atom. The maximum absolute atomic E-state index is 12.7. The lowest BCUT2D eigenvalue weighted by Crippen LogP contribution is -2.51. The zero-order chi connectivity index (χ0) is 15.6. The number of ether oxygens (including phenoxy) is 2. The quantitative estimate of drug-likeness (QED) is 0.873. The fourth-order valence-electron chi connectivity index (χ4n) is 3.05. The number of nitrogens with one attached hydrogen (secondary N) is 1. The predicted molar refractivity (Wildman–Crippen MR) is 82.6 cm³/mol. The van der Waals surface area contributed by atoms with Gasteiger partial charge in [0.15, 0.2) is 11.5 Å². The Morgan fingerprint density at radius 1 is 1.09 bits per heavy atom. The average Bonchev–Trinajstić information content (AvgIpc) is 2.83. The van der Waals surface area contributed by atoms with Gasteiger partial charge < -0.3 is 15.2 Å². The van der Waals surface area contributed by atoms with Gasteiger partial charge >= 0.3 is 0 Å². The maximum Gasteiger partial charge on any atom is 0.241 e. The van der Waals surface area contributed by atoms with Crippen molar-refractivity contribution in [2.45, 2.75) is 42.5 Å². The van der Waals surface area contributed by atoms with Gasteiger partial charge in [0.05, 0.1) is 18.1 Å². The maximum atomic E-state index is 12.7. The number of hydrogen-bond donors (Lipinski definition) is 2. The molecule has 1 heterocycles. The van der Waals surface area contributed by atoms with E-state index in [0.717, 1.165) is 32.1 Å². The Bertz CT molecular complexity index is 639. The minimum atomic E-state index is -3.63. The van der Waals surface area contributed by atoms with Crippen molar-refractivity contribution in [1.29, 1.82) is 0 Å². The van der Waals surface area contributed by atoms with E-state index in [1.807, 2.05) is 0 Å². The summed E-state index contributed by atoms with van der Waals surface area (Å²) in [5, 5.41) is 0. The Balaban J connectivity index is 1.87. The Hall–Kier alpha value is -1.31. The minimum Gasteiger partial charge on any atom is -0.490 e. The third-order valence-corrected chi connectivity index (χ3v) is 5.91. The second kappa shape index (κ2) is 6.06. The number of rotatable bonds is 4. The molecule has 0 unspecified atom stereocenters. The summed E-state index contributed by atoms with van der Waals surface area (Å²) < 4.78 is 39.2. The molecule has 0 amide bonds. The van der Waals surface area contributed by atoms with E-state index in [1.54, 1.807) is 12.1 Å². The van der Waals surface area contributed by atoms with Crippen molar-refractivity contribution in [2.75, 3.05) is 19.8 Å². The van der Waals surface area contributed by atoms with Crippen molar-refractivity contribution >= 4 is 10.0 Å². The van der Waals surface area contributed by atoms with Gasteiger partial charge in [0.2, 0.25) is 10.0 Å². The number of fused-ring (bicyclic) bond motifs is 1. The van der Waals surface area contributed by atoms with Gasteiger partial charge in [0, 0.05) is 24.6 Å². The van der Waals surface area contributed by atoms with Crippen LogP contribution in [0.25, 0.3) is 0 Å². The largest absolute Gasteiger partial charge is 0.490 e. The van der Waals surface area contributed by atoms with Crippen LogP contribution in [0.4, 0.5) is 0 Å². The third-order valence-electron chi connectivity index (χ3n) is 4.33. The molecule has 0 radical (unpaired) electrons. The molecule has 0 bridgehead atoms. The summed E-state index contributed by atoms with van der Waals surface area (Å²) >= 11 is 0. The van der Waals surface area contributed by atoms with Crippen molar-refractivity contribution in [1.82, 2.24) is 4.72 Å². The highest BCUT2D eigenvalue weighted by Gasteiger charge is 2.37. The molecule has 2 aliphatic rings. The average molecular weight is 326 g/mol. The predicted octanol–water partition coefficient (Wildman–Crippen LogP) is 1.40. The second-order valence-corrected chi connectivity index (χ2v) is 7.64.